The number of hydrogen-bond acceptors (Lipinski definition) is 7. The molecular weight excluding hydrogens is 452 g/mol. The van der Waals surface area contributed by atoms with Gasteiger partial charge < -0.3 is 19.4 Å². The molecule has 3 heterocycles. The Kier molecular flexibility index (Phi) is 5.97. The maximum Gasteiger partial charge on any atom is 0.249 e. The summed E-state index contributed by atoms with van der Waals surface area (Å²) < 4.78 is 13.7. The fraction of sp³-hybridized carbons (Fsp3) is 0.143. The predicted molar refractivity (Wildman–Crippen MR) is 139 cm³/mol. The standard InChI is InChI=1S/C28H24N6O2/c1-17-11-20(21-13-23(35-4)16-30-15-21)12-18(2)26(17)36-27-25-24(9-10-34(25)3)32-28(33-27)31-22-7-5-19(14-29)6-8-22/h5-13,15-16H,1-4H3,(H,31,32,33). The number of pyridine rings is 1. The first kappa shape index (κ1) is 22.9. The molecule has 5 aromatic rings. The van der Waals surface area contributed by atoms with Crippen LogP contribution in [0.4, 0.5) is 11.6 Å². The molecule has 8 nitrogen and oxygen atoms in total. The van der Waals surface area contributed by atoms with Gasteiger partial charge in [0.25, 0.3) is 0 Å². The van der Waals surface area contributed by atoms with Crippen LogP contribution in [0.3, 0.4) is 0 Å². The summed E-state index contributed by atoms with van der Waals surface area (Å²) in [6.07, 6.45) is 5.43. The molecule has 0 radical (unpaired) electrons. The van der Waals surface area contributed by atoms with Gasteiger partial charge in [-0.15, -0.1) is 0 Å². The second-order valence-corrected chi connectivity index (χ2v) is 8.48. The Morgan fingerprint density at radius 1 is 0.944 bits per heavy atom. The number of fused-ring (bicyclic) bond motifs is 1. The molecule has 0 saturated carbocycles. The van der Waals surface area contributed by atoms with E-state index in [-0.39, 0.29) is 0 Å². The highest BCUT2D eigenvalue weighted by molar-refractivity contribution is 5.83. The van der Waals surface area contributed by atoms with Crippen LogP contribution in [0.5, 0.6) is 17.4 Å². The summed E-state index contributed by atoms with van der Waals surface area (Å²) in [5.74, 6) is 2.30. The molecule has 8 heteroatoms. The second-order valence-electron chi connectivity index (χ2n) is 8.48. The van der Waals surface area contributed by atoms with Crippen molar-refractivity contribution in [1.29, 1.82) is 5.26 Å². The lowest BCUT2D eigenvalue weighted by molar-refractivity contribution is 0.413. The lowest BCUT2D eigenvalue weighted by Crippen LogP contribution is -2.02. The molecule has 0 atom stereocenters. The number of hydrogen-bond donors (Lipinski definition) is 1. The fourth-order valence-electron chi connectivity index (χ4n) is 4.10. The first-order valence-electron chi connectivity index (χ1n) is 11.3. The number of rotatable bonds is 6. The summed E-state index contributed by atoms with van der Waals surface area (Å²) in [6, 6.07) is 17.3. The van der Waals surface area contributed by atoms with Gasteiger partial charge in [0.15, 0.2) is 0 Å². The second kappa shape index (κ2) is 9.39. The molecule has 5 rings (SSSR count). The van der Waals surface area contributed by atoms with Gasteiger partial charge in [0.2, 0.25) is 11.8 Å². The van der Waals surface area contributed by atoms with Crippen molar-refractivity contribution in [1.82, 2.24) is 19.5 Å². The summed E-state index contributed by atoms with van der Waals surface area (Å²) in [6.45, 7) is 4.03. The predicted octanol–water partition coefficient (Wildman–Crippen LogP) is 6.06. The highest BCUT2D eigenvalue weighted by Gasteiger charge is 2.17. The molecule has 0 aliphatic rings. The number of benzene rings is 2. The van der Waals surface area contributed by atoms with Crippen molar-refractivity contribution in [3.05, 3.63) is 83.8 Å². The van der Waals surface area contributed by atoms with Crippen molar-refractivity contribution in [3.8, 4) is 34.6 Å². The summed E-state index contributed by atoms with van der Waals surface area (Å²) in [5.41, 5.74) is 6.84. The lowest BCUT2D eigenvalue weighted by Gasteiger charge is -2.15. The minimum Gasteiger partial charge on any atom is -0.495 e. The quantitative estimate of drug-likeness (QED) is 0.318. The minimum absolute atomic E-state index is 0.405. The molecule has 36 heavy (non-hydrogen) atoms. The van der Waals surface area contributed by atoms with Crippen molar-refractivity contribution in [2.24, 2.45) is 7.05 Å². The van der Waals surface area contributed by atoms with Crippen LogP contribution in [-0.4, -0.2) is 26.6 Å². The highest BCUT2D eigenvalue weighted by atomic mass is 16.5. The number of nitrogens with one attached hydrogen (secondary N) is 1. The van der Waals surface area contributed by atoms with Crippen molar-refractivity contribution in [2.45, 2.75) is 13.8 Å². The zero-order valence-corrected chi connectivity index (χ0v) is 20.4. The van der Waals surface area contributed by atoms with Gasteiger partial charge >= 0.3 is 0 Å². The van der Waals surface area contributed by atoms with E-state index in [1.165, 1.54) is 0 Å². The normalized spacial score (nSPS) is 10.8. The van der Waals surface area contributed by atoms with Crippen molar-refractivity contribution in [2.75, 3.05) is 12.4 Å². The van der Waals surface area contributed by atoms with Crippen LogP contribution in [0.15, 0.2) is 67.1 Å². The molecule has 0 aliphatic heterocycles. The number of ether oxygens (including phenoxy) is 2. The van der Waals surface area contributed by atoms with E-state index in [1.54, 1.807) is 25.4 Å². The first-order valence-corrected chi connectivity index (χ1v) is 11.3. The third kappa shape index (κ3) is 4.42. The number of anilines is 2. The molecule has 0 unspecified atom stereocenters. The molecule has 0 aliphatic carbocycles. The number of methoxy groups -OCH3 is 1. The molecule has 2 aromatic carbocycles. The largest absolute Gasteiger partial charge is 0.495 e. The van der Waals surface area contributed by atoms with Crippen LogP contribution in [0.2, 0.25) is 0 Å². The van der Waals surface area contributed by atoms with Crippen molar-refractivity contribution < 1.29 is 9.47 Å². The molecule has 1 N–H and O–H groups in total. The lowest BCUT2D eigenvalue weighted by atomic mass is 10.0. The Labute approximate surface area is 208 Å². The van der Waals surface area contributed by atoms with E-state index in [9.17, 15) is 0 Å². The smallest absolute Gasteiger partial charge is 0.249 e. The van der Waals surface area contributed by atoms with Gasteiger partial charge in [-0.25, -0.2) is 4.98 Å². The van der Waals surface area contributed by atoms with Gasteiger partial charge in [-0.3, -0.25) is 4.98 Å². The monoisotopic (exact) mass is 476 g/mol. The van der Waals surface area contributed by atoms with Crippen LogP contribution in [0.1, 0.15) is 16.7 Å². The number of aromatic nitrogens is 4. The molecule has 0 bridgehead atoms. The van der Waals surface area contributed by atoms with E-state index in [0.717, 1.165) is 44.7 Å². The van der Waals surface area contributed by atoms with E-state index >= 15 is 0 Å². The first-order chi connectivity index (χ1) is 17.4. The van der Waals surface area contributed by atoms with Crippen LogP contribution in [0, 0.1) is 25.2 Å². The van der Waals surface area contributed by atoms with Gasteiger partial charge in [-0.1, -0.05) is 0 Å². The summed E-state index contributed by atoms with van der Waals surface area (Å²) in [4.78, 5) is 13.6. The van der Waals surface area contributed by atoms with Crippen molar-refractivity contribution >= 4 is 22.7 Å². The SMILES string of the molecule is COc1cncc(-c2cc(C)c(Oc3nc(Nc4ccc(C#N)cc4)nc4ccn(C)c34)c(C)c2)c1. The van der Waals surface area contributed by atoms with Crippen LogP contribution in [-0.2, 0) is 7.05 Å². The Balaban J connectivity index is 1.52. The van der Waals surface area contributed by atoms with Gasteiger partial charge in [0, 0.05) is 30.7 Å². The molecule has 178 valence electrons. The zero-order chi connectivity index (χ0) is 25.2. The maximum absolute atomic E-state index is 9.04. The van der Waals surface area contributed by atoms with Crippen LogP contribution < -0.4 is 14.8 Å². The minimum atomic E-state index is 0.405. The Bertz CT molecular complexity index is 1590. The third-order valence-electron chi connectivity index (χ3n) is 5.90. The molecule has 0 saturated heterocycles. The molecule has 3 aromatic heterocycles. The van der Waals surface area contributed by atoms with Crippen LogP contribution in [0.25, 0.3) is 22.2 Å². The van der Waals surface area contributed by atoms with E-state index in [4.69, 9.17) is 19.7 Å². The number of nitrogens with zero attached hydrogens (tertiary/aromatic N) is 5. The summed E-state index contributed by atoms with van der Waals surface area (Å²) in [5, 5.41) is 12.3. The topological polar surface area (TPSA) is 97.9 Å². The molecule has 0 amide bonds. The zero-order valence-electron chi connectivity index (χ0n) is 20.4. The Hall–Kier alpha value is -4.90. The van der Waals surface area contributed by atoms with Gasteiger partial charge in [-0.05, 0) is 79.1 Å². The van der Waals surface area contributed by atoms with E-state index in [0.29, 0.717) is 23.1 Å². The summed E-state index contributed by atoms with van der Waals surface area (Å²) >= 11 is 0. The van der Waals surface area contributed by atoms with E-state index in [1.807, 2.05) is 62.1 Å². The maximum atomic E-state index is 9.04. The Morgan fingerprint density at radius 2 is 1.69 bits per heavy atom. The van der Waals surface area contributed by atoms with Crippen molar-refractivity contribution in [3.63, 3.8) is 0 Å². The fourth-order valence-corrected chi connectivity index (χ4v) is 4.10. The third-order valence-corrected chi connectivity index (χ3v) is 5.90. The average molecular weight is 477 g/mol. The number of aryl methyl sites for hydroxylation is 3. The molecular formula is C28H24N6O2. The molecule has 0 fully saturated rings. The Morgan fingerprint density at radius 3 is 2.39 bits per heavy atom. The molecule has 0 spiro atoms. The average Bonchev–Trinajstić information content (AvgIpc) is 3.27. The summed E-state index contributed by atoms with van der Waals surface area (Å²) in [7, 11) is 3.57. The van der Waals surface area contributed by atoms with Gasteiger partial charge in [0.05, 0.1) is 30.5 Å². The van der Waals surface area contributed by atoms with E-state index in [2.05, 4.69) is 33.5 Å². The van der Waals surface area contributed by atoms with Gasteiger partial charge in [-0.2, -0.15) is 10.2 Å². The van der Waals surface area contributed by atoms with E-state index < -0.39 is 0 Å². The highest BCUT2D eigenvalue weighted by Crippen LogP contribution is 2.36. The van der Waals surface area contributed by atoms with Crippen LogP contribution >= 0.6 is 0 Å². The van der Waals surface area contributed by atoms with Gasteiger partial charge in [0.1, 0.15) is 17.0 Å². The number of nitriles is 1.